The fraction of sp³-hybridized carbons (Fsp3) is 0.250. The van der Waals surface area contributed by atoms with E-state index in [1.54, 1.807) is 6.07 Å². The quantitative estimate of drug-likeness (QED) is 0.650. The van der Waals surface area contributed by atoms with Gasteiger partial charge in [-0.05, 0) is 37.5 Å². The minimum atomic E-state index is 0.438. The van der Waals surface area contributed by atoms with Gasteiger partial charge in [0.15, 0.2) is 0 Å². The number of aryl methyl sites for hydroxylation is 2. The van der Waals surface area contributed by atoms with Crippen LogP contribution in [0.25, 0.3) is 10.1 Å². The van der Waals surface area contributed by atoms with Gasteiger partial charge >= 0.3 is 0 Å². The van der Waals surface area contributed by atoms with Crippen LogP contribution in [-0.2, 0) is 6.42 Å². The van der Waals surface area contributed by atoms with E-state index >= 15 is 0 Å². The summed E-state index contributed by atoms with van der Waals surface area (Å²) in [4.78, 5) is 9.33. The maximum Gasteiger partial charge on any atom is 0.134 e. The Morgan fingerprint density at radius 2 is 2.00 bits per heavy atom. The molecule has 22 heavy (non-hydrogen) atoms. The van der Waals surface area contributed by atoms with Crippen LogP contribution in [0.15, 0.2) is 24.5 Å². The van der Waals surface area contributed by atoms with E-state index in [4.69, 9.17) is 23.2 Å². The molecule has 1 N–H and O–H groups in total. The van der Waals surface area contributed by atoms with Crippen LogP contribution < -0.4 is 5.32 Å². The van der Waals surface area contributed by atoms with Crippen molar-refractivity contribution in [3.63, 3.8) is 0 Å². The summed E-state index contributed by atoms with van der Waals surface area (Å²) in [6.07, 6.45) is 2.34. The van der Waals surface area contributed by atoms with Crippen molar-refractivity contribution in [2.45, 2.75) is 20.3 Å². The molecule has 0 saturated carbocycles. The van der Waals surface area contributed by atoms with Gasteiger partial charge in [-0.1, -0.05) is 29.3 Å². The lowest BCUT2D eigenvalue weighted by atomic mass is 10.1. The first-order chi connectivity index (χ1) is 10.6. The highest BCUT2D eigenvalue weighted by Gasteiger charge is 2.13. The molecule has 1 aromatic carbocycles. The standard InChI is InChI=1S/C16H15Cl2N3S/c1-9-3-4-12(17)15-11(10(2)22-16(9)15)5-6-19-14-7-13(18)20-8-21-14/h3-4,7-8H,5-6H2,1-2H3,(H,19,20,21). The Bertz CT molecular complexity index is 830. The second-order valence-corrected chi connectivity index (χ2v) is 7.13. The molecule has 0 unspecified atom stereocenters. The highest BCUT2D eigenvalue weighted by atomic mass is 35.5. The third kappa shape index (κ3) is 3.05. The zero-order chi connectivity index (χ0) is 15.7. The summed E-state index contributed by atoms with van der Waals surface area (Å²) in [6, 6.07) is 5.77. The summed E-state index contributed by atoms with van der Waals surface area (Å²) >= 11 is 14.1. The minimum Gasteiger partial charge on any atom is -0.370 e. The van der Waals surface area contributed by atoms with Crippen molar-refractivity contribution in [1.29, 1.82) is 0 Å². The van der Waals surface area contributed by atoms with Crippen molar-refractivity contribution in [2.24, 2.45) is 0 Å². The lowest BCUT2D eigenvalue weighted by molar-refractivity contribution is 1.00. The van der Waals surface area contributed by atoms with E-state index in [2.05, 4.69) is 35.2 Å². The third-order valence-electron chi connectivity index (χ3n) is 3.60. The highest BCUT2D eigenvalue weighted by molar-refractivity contribution is 7.19. The van der Waals surface area contributed by atoms with Crippen LogP contribution in [0.2, 0.25) is 10.2 Å². The van der Waals surface area contributed by atoms with Gasteiger partial charge in [0, 0.05) is 32.6 Å². The van der Waals surface area contributed by atoms with E-state index < -0.39 is 0 Å². The molecular formula is C16H15Cl2N3S. The molecule has 3 nitrogen and oxygen atoms in total. The number of rotatable bonds is 4. The molecule has 0 atom stereocenters. The SMILES string of the molecule is Cc1sc2c(C)ccc(Cl)c2c1CCNc1cc(Cl)ncn1. The monoisotopic (exact) mass is 351 g/mol. The van der Waals surface area contributed by atoms with Gasteiger partial charge in [-0.15, -0.1) is 11.3 Å². The maximum absolute atomic E-state index is 6.41. The van der Waals surface area contributed by atoms with Crippen LogP contribution in [0.1, 0.15) is 16.0 Å². The Labute approximate surface area is 143 Å². The first kappa shape index (κ1) is 15.5. The molecular weight excluding hydrogens is 337 g/mol. The van der Waals surface area contributed by atoms with Crippen molar-refractivity contribution in [3.05, 3.63) is 50.7 Å². The smallest absolute Gasteiger partial charge is 0.134 e. The van der Waals surface area contributed by atoms with Gasteiger partial charge in [0.05, 0.1) is 0 Å². The summed E-state index contributed by atoms with van der Waals surface area (Å²) in [5, 5.41) is 5.72. The number of halogens is 2. The number of thiophene rings is 1. The van der Waals surface area contributed by atoms with E-state index in [1.165, 1.54) is 32.4 Å². The minimum absolute atomic E-state index is 0.438. The van der Waals surface area contributed by atoms with Gasteiger partial charge in [0.1, 0.15) is 17.3 Å². The molecule has 6 heteroatoms. The van der Waals surface area contributed by atoms with Gasteiger partial charge in [-0.2, -0.15) is 0 Å². The number of anilines is 1. The summed E-state index contributed by atoms with van der Waals surface area (Å²) < 4.78 is 1.28. The van der Waals surface area contributed by atoms with Crippen molar-refractivity contribution in [3.8, 4) is 0 Å². The van der Waals surface area contributed by atoms with E-state index in [-0.39, 0.29) is 0 Å². The molecule has 114 valence electrons. The molecule has 0 fully saturated rings. The summed E-state index contributed by atoms with van der Waals surface area (Å²) in [5.74, 6) is 0.736. The molecule has 3 aromatic rings. The summed E-state index contributed by atoms with van der Waals surface area (Å²) in [5.41, 5.74) is 2.58. The molecule has 2 heterocycles. The third-order valence-corrected chi connectivity index (χ3v) is 5.40. The van der Waals surface area contributed by atoms with E-state index in [0.29, 0.717) is 5.15 Å². The van der Waals surface area contributed by atoms with Crippen LogP contribution in [0.3, 0.4) is 0 Å². The lowest BCUT2D eigenvalue weighted by Crippen LogP contribution is -2.06. The van der Waals surface area contributed by atoms with E-state index in [9.17, 15) is 0 Å². The number of hydrogen-bond donors (Lipinski definition) is 1. The largest absolute Gasteiger partial charge is 0.370 e. The van der Waals surface area contributed by atoms with E-state index in [0.717, 1.165) is 23.8 Å². The van der Waals surface area contributed by atoms with Crippen LogP contribution >= 0.6 is 34.5 Å². The molecule has 0 spiro atoms. The fourth-order valence-corrected chi connectivity index (χ4v) is 4.19. The normalized spacial score (nSPS) is 11.1. The molecule has 0 amide bonds. The van der Waals surface area contributed by atoms with Crippen molar-refractivity contribution < 1.29 is 0 Å². The fourth-order valence-electron chi connectivity index (χ4n) is 2.51. The molecule has 2 aromatic heterocycles. The first-order valence-electron chi connectivity index (χ1n) is 6.94. The molecule has 0 bridgehead atoms. The Kier molecular flexibility index (Phi) is 4.52. The Hall–Kier alpha value is -1.36. The second-order valence-electron chi connectivity index (χ2n) is 5.11. The maximum atomic E-state index is 6.41. The number of aromatic nitrogens is 2. The predicted octanol–water partition coefficient (Wildman–Crippen LogP) is 5.27. The molecule has 0 aliphatic carbocycles. The van der Waals surface area contributed by atoms with Crippen LogP contribution in [0, 0.1) is 13.8 Å². The number of nitrogens with one attached hydrogen (secondary N) is 1. The molecule has 0 radical (unpaired) electrons. The summed E-state index contributed by atoms with van der Waals surface area (Å²) in [7, 11) is 0. The zero-order valence-electron chi connectivity index (χ0n) is 12.3. The van der Waals surface area contributed by atoms with Crippen molar-refractivity contribution in [1.82, 2.24) is 9.97 Å². The lowest BCUT2D eigenvalue weighted by Gasteiger charge is -2.07. The highest BCUT2D eigenvalue weighted by Crippen LogP contribution is 2.37. The molecule has 0 saturated heterocycles. The van der Waals surface area contributed by atoms with Crippen LogP contribution in [0.5, 0.6) is 0 Å². The second kappa shape index (κ2) is 6.41. The van der Waals surface area contributed by atoms with Crippen molar-refractivity contribution in [2.75, 3.05) is 11.9 Å². The number of benzene rings is 1. The topological polar surface area (TPSA) is 37.8 Å². The molecule has 0 aliphatic rings. The van der Waals surface area contributed by atoms with Crippen LogP contribution in [0.4, 0.5) is 5.82 Å². The molecule has 3 rings (SSSR count). The Balaban J connectivity index is 1.82. The Morgan fingerprint density at radius 1 is 1.18 bits per heavy atom. The van der Waals surface area contributed by atoms with Gasteiger partial charge in [-0.3, -0.25) is 0 Å². The van der Waals surface area contributed by atoms with Gasteiger partial charge in [-0.25, -0.2) is 9.97 Å². The van der Waals surface area contributed by atoms with Gasteiger partial charge < -0.3 is 5.32 Å². The predicted molar refractivity (Wildman–Crippen MR) is 95.5 cm³/mol. The zero-order valence-corrected chi connectivity index (χ0v) is 14.6. The van der Waals surface area contributed by atoms with Gasteiger partial charge in [0.2, 0.25) is 0 Å². The number of hydrogen-bond acceptors (Lipinski definition) is 4. The first-order valence-corrected chi connectivity index (χ1v) is 8.52. The number of fused-ring (bicyclic) bond motifs is 1. The van der Waals surface area contributed by atoms with Gasteiger partial charge in [0.25, 0.3) is 0 Å². The molecule has 0 aliphatic heterocycles. The number of nitrogens with zero attached hydrogens (tertiary/aromatic N) is 2. The van der Waals surface area contributed by atoms with E-state index in [1.807, 2.05) is 17.4 Å². The summed E-state index contributed by atoms with van der Waals surface area (Å²) in [6.45, 7) is 5.04. The Morgan fingerprint density at radius 3 is 2.77 bits per heavy atom. The van der Waals surface area contributed by atoms with Crippen LogP contribution in [-0.4, -0.2) is 16.5 Å². The van der Waals surface area contributed by atoms with Crippen molar-refractivity contribution >= 4 is 50.4 Å². The average molecular weight is 352 g/mol. The average Bonchev–Trinajstić information content (AvgIpc) is 2.82.